The van der Waals surface area contributed by atoms with E-state index in [1.165, 1.54) is 4.90 Å². The van der Waals surface area contributed by atoms with Gasteiger partial charge in [-0.3, -0.25) is 0 Å². The number of alkyl halides is 1. The van der Waals surface area contributed by atoms with Crippen molar-refractivity contribution in [3.8, 4) is 0 Å². The van der Waals surface area contributed by atoms with Crippen LogP contribution < -0.4 is 0 Å². The maximum absolute atomic E-state index is 6.18. The van der Waals surface area contributed by atoms with Crippen molar-refractivity contribution in [1.82, 2.24) is 0 Å². The fourth-order valence-corrected chi connectivity index (χ4v) is 2.65. The summed E-state index contributed by atoms with van der Waals surface area (Å²) in [5.74, 6) is 0.496. The Hall–Kier alpha value is -0.630. The molecule has 0 aliphatic heterocycles. The number of halogens is 2. The lowest BCUT2D eigenvalue weighted by atomic mass is 10.2. The van der Waals surface area contributed by atoms with Gasteiger partial charge in [0, 0.05) is 15.7 Å². The average molecular weight is 269 g/mol. The van der Waals surface area contributed by atoms with Crippen molar-refractivity contribution in [2.24, 2.45) is 0 Å². The van der Waals surface area contributed by atoms with Crippen LogP contribution in [0.1, 0.15) is 5.56 Å². The van der Waals surface area contributed by atoms with Crippen LogP contribution in [0.4, 0.5) is 0 Å². The van der Waals surface area contributed by atoms with Crippen LogP contribution in [0.25, 0.3) is 0 Å². The second kappa shape index (κ2) is 5.62. The van der Waals surface area contributed by atoms with Crippen LogP contribution in [-0.2, 0) is 5.88 Å². The molecule has 2 rings (SSSR count). The monoisotopic (exact) mass is 268 g/mol. The van der Waals surface area contributed by atoms with Crippen molar-refractivity contribution in [3.63, 3.8) is 0 Å². The van der Waals surface area contributed by atoms with E-state index in [9.17, 15) is 0 Å². The highest BCUT2D eigenvalue weighted by Crippen LogP contribution is 2.33. The minimum atomic E-state index is 0.496. The molecule has 0 N–H and O–H groups in total. The lowest BCUT2D eigenvalue weighted by molar-refractivity contribution is 1.33. The summed E-state index contributed by atoms with van der Waals surface area (Å²) in [6.07, 6.45) is 0. The highest BCUT2D eigenvalue weighted by molar-refractivity contribution is 7.99. The first-order valence-electron chi connectivity index (χ1n) is 4.87. The molecule has 0 aromatic heterocycles. The molecule has 0 atom stereocenters. The third kappa shape index (κ3) is 2.94. The molecule has 82 valence electrons. The Morgan fingerprint density at radius 1 is 1.00 bits per heavy atom. The summed E-state index contributed by atoms with van der Waals surface area (Å²) in [6.45, 7) is 0. The molecule has 2 aromatic rings. The Balaban J connectivity index is 2.22. The summed E-state index contributed by atoms with van der Waals surface area (Å²) in [5, 5.41) is 0.756. The van der Waals surface area contributed by atoms with Gasteiger partial charge in [0.05, 0.1) is 5.02 Å². The standard InChI is InChI=1S/C13H10Cl2S/c14-9-10-6-7-13(12(15)8-10)16-11-4-2-1-3-5-11/h1-8H,9H2. The molecule has 0 nitrogen and oxygen atoms in total. The highest BCUT2D eigenvalue weighted by Gasteiger charge is 2.03. The lowest BCUT2D eigenvalue weighted by Gasteiger charge is -2.05. The van der Waals surface area contributed by atoms with E-state index in [1.807, 2.05) is 36.4 Å². The second-order valence-corrected chi connectivity index (χ2v) is 5.10. The Morgan fingerprint density at radius 3 is 2.38 bits per heavy atom. The van der Waals surface area contributed by atoms with Crippen LogP contribution in [0.5, 0.6) is 0 Å². The van der Waals surface area contributed by atoms with E-state index >= 15 is 0 Å². The van der Waals surface area contributed by atoms with Crippen molar-refractivity contribution in [3.05, 3.63) is 59.1 Å². The summed E-state index contributed by atoms with van der Waals surface area (Å²) in [6, 6.07) is 16.1. The minimum Gasteiger partial charge on any atom is -0.122 e. The van der Waals surface area contributed by atoms with E-state index < -0.39 is 0 Å². The van der Waals surface area contributed by atoms with Gasteiger partial charge >= 0.3 is 0 Å². The van der Waals surface area contributed by atoms with Crippen LogP contribution in [0.2, 0.25) is 5.02 Å². The molecule has 0 heterocycles. The van der Waals surface area contributed by atoms with E-state index in [2.05, 4.69) is 12.1 Å². The summed E-state index contributed by atoms with van der Waals surface area (Å²) in [5.41, 5.74) is 1.05. The predicted molar refractivity (Wildman–Crippen MR) is 71.6 cm³/mol. The van der Waals surface area contributed by atoms with Crippen LogP contribution in [0.15, 0.2) is 58.3 Å². The van der Waals surface area contributed by atoms with Crippen LogP contribution in [0.3, 0.4) is 0 Å². The van der Waals surface area contributed by atoms with Crippen molar-refractivity contribution in [1.29, 1.82) is 0 Å². The number of hydrogen-bond acceptors (Lipinski definition) is 1. The Kier molecular flexibility index (Phi) is 4.16. The number of benzene rings is 2. The highest BCUT2D eigenvalue weighted by atomic mass is 35.5. The molecule has 3 heteroatoms. The molecule has 0 amide bonds. The zero-order valence-corrected chi connectivity index (χ0v) is 10.8. The van der Waals surface area contributed by atoms with Crippen molar-refractivity contribution < 1.29 is 0 Å². The lowest BCUT2D eigenvalue weighted by Crippen LogP contribution is -1.80. The third-order valence-electron chi connectivity index (χ3n) is 2.12. The molecule has 16 heavy (non-hydrogen) atoms. The van der Waals surface area contributed by atoms with E-state index in [-0.39, 0.29) is 0 Å². The molecule has 0 unspecified atom stereocenters. The molecule has 0 saturated heterocycles. The Morgan fingerprint density at radius 2 is 1.75 bits per heavy atom. The maximum Gasteiger partial charge on any atom is 0.0548 e. The summed E-state index contributed by atoms with van der Waals surface area (Å²) in [4.78, 5) is 2.24. The molecular formula is C13H10Cl2S. The van der Waals surface area contributed by atoms with Gasteiger partial charge in [0.1, 0.15) is 0 Å². The van der Waals surface area contributed by atoms with E-state index in [0.717, 1.165) is 15.5 Å². The normalized spacial score (nSPS) is 10.4. The van der Waals surface area contributed by atoms with Gasteiger partial charge in [0.15, 0.2) is 0 Å². The van der Waals surface area contributed by atoms with Gasteiger partial charge in [0.25, 0.3) is 0 Å². The van der Waals surface area contributed by atoms with E-state index in [0.29, 0.717) is 5.88 Å². The minimum absolute atomic E-state index is 0.496. The van der Waals surface area contributed by atoms with Crippen LogP contribution >= 0.6 is 35.0 Å². The first-order valence-corrected chi connectivity index (χ1v) is 6.60. The van der Waals surface area contributed by atoms with Crippen molar-refractivity contribution in [2.45, 2.75) is 15.7 Å². The van der Waals surface area contributed by atoms with Gasteiger partial charge in [0.2, 0.25) is 0 Å². The summed E-state index contributed by atoms with van der Waals surface area (Å²) >= 11 is 13.6. The number of hydrogen-bond donors (Lipinski definition) is 0. The number of rotatable bonds is 3. The van der Waals surface area contributed by atoms with Crippen molar-refractivity contribution >= 4 is 35.0 Å². The van der Waals surface area contributed by atoms with Crippen LogP contribution in [-0.4, -0.2) is 0 Å². The molecule has 2 aromatic carbocycles. The van der Waals surface area contributed by atoms with E-state index in [1.54, 1.807) is 11.8 Å². The zero-order valence-electron chi connectivity index (χ0n) is 8.49. The second-order valence-electron chi connectivity index (χ2n) is 3.31. The Labute approximate surface area is 110 Å². The maximum atomic E-state index is 6.18. The predicted octanol–water partition coefficient (Wildman–Crippen LogP) is 5.23. The summed E-state index contributed by atoms with van der Waals surface area (Å²) in [7, 11) is 0. The topological polar surface area (TPSA) is 0 Å². The molecule has 0 aliphatic rings. The average Bonchev–Trinajstić information content (AvgIpc) is 2.33. The fourth-order valence-electron chi connectivity index (χ4n) is 1.33. The van der Waals surface area contributed by atoms with Gasteiger partial charge in [-0.05, 0) is 29.8 Å². The SMILES string of the molecule is ClCc1ccc(Sc2ccccc2)c(Cl)c1. The van der Waals surface area contributed by atoms with Crippen molar-refractivity contribution in [2.75, 3.05) is 0 Å². The van der Waals surface area contributed by atoms with Gasteiger partial charge in [-0.2, -0.15) is 0 Å². The molecule has 0 spiro atoms. The smallest absolute Gasteiger partial charge is 0.0548 e. The molecule has 0 aliphatic carbocycles. The Bertz CT molecular complexity index is 469. The molecule has 0 fully saturated rings. The largest absolute Gasteiger partial charge is 0.122 e. The third-order valence-corrected chi connectivity index (χ3v) is 3.94. The van der Waals surface area contributed by atoms with Gasteiger partial charge in [-0.25, -0.2) is 0 Å². The molecule has 0 radical (unpaired) electrons. The molecular weight excluding hydrogens is 259 g/mol. The van der Waals surface area contributed by atoms with E-state index in [4.69, 9.17) is 23.2 Å². The summed E-state index contributed by atoms with van der Waals surface area (Å²) < 4.78 is 0. The van der Waals surface area contributed by atoms with Crippen LogP contribution in [0, 0.1) is 0 Å². The molecule has 0 bridgehead atoms. The first kappa shape index (κ1) is 11.8. The quantitative estimate of drug-likeness (QED) is 0.687. The van der Waals surface area contributed by atoms with Gasteiger partial charge < -0.3 is 0 Å². The first-order chi connectivity index (χ1) is 7.79. The van der Waals surface area contributed by atoms with Gasteiger partial charge in [-0.1, -0.05) is 47.6 Å². The molecule has 0 saturated carbocycles. The fraction of sp³-hybridized carbons (Fsp3) is 0.0769. The zero-order chi connectivity index (χ0) is 11.4. The van der Waals surface area contributed by atoms with Gasteiger partial charge in [-0.15, -0.1) is 11.6 Å².